The van der Waals surface area contributed by atoms with Gasteiger partial charge in [-0.05, 0) is 57.5 Å². The average Bonchev–Trinajstić information content (AvgIpc) is 2.43. The van der Waals surface area contributed by atoms with Gasteiger partial charge in [-0.3, -0.25) is 0 Å². The van der Waals surface area contributed by atoms with Crippen LogP contribution in [0.1, 0.15) is 0 Å². The zero-order valence-corrected chi connectivity index (χ0v) is 12.8. The van der Waals surface area contributed by atoms with Crippen LogP contribution in [0.5, 0.6) is 0 Å². The van der Waals surface area contributed by atoms with E-state index >= 15 is 0 Å². The molecular weight excluding hydrogens is 426 g/mol. The number of thioether (sulfide) groups is 1. The van der Waals surface area contributed by atoms with Gasteiger partial charge in [0, 0.05) is 18.6 Å². The fourth-order valence-corrected chi connectivity index (χ4v) is 5.48. The summed E-state index contributed by atoms with van der Waals surface area (Å²) < 4.78 is 4.19. The largest absolute Gasteiger partial charge is 0.127 e. The number of benzene rings is 1. The van der Waals surface area contributed by atoms with Crippen LogP contribution in [-0.2, 0) is 0 Å². The lowest BCUT2D eigenvalue weighted by Gasteiger charge is -1.94. The summed E-state index contributed by atoms with van der Waals surface area (Å²) in [5.41, 5.74) is 0. The fourth-order valence-electron chi connectivity index (χ4n) is 1.22. The van der Waals surface area contributed by atoms with Gasteiger partial charge in [-0.15, -0.1) is 23.1 Å². The molecule has 0 radical (unpaired) electrons. The smallest absolute Gasteiger partial charge is 0.0802 e. The van der Waals surface area contributed by atoms with Crippen molar-refractivity contribution in [2.75, 3.05) is 6.26 Å². The topological polar surface area (TPSA) is 0 Å². The molecule has 1 aromatic heterocycles. The van der Waals surface area contributed by atoms with Crippen LogP contribution in [0.15, 0.2) is 23.1 Å². The summed E-state index contributed by atoms with van der Waals surface area (Å²) in [7, 11) is 0. The lowest BCUT2D eigenvalue weighted by molar-refractivity contribution is 1.60. The molecule has 0 bridgehead atoms. The second-order valence-corrected chi connectivity index (χ2v) is 7.34. The lowest BCUT2D eigenvalue weighted by Crippen LogP contribution is -1.71. The predicted octanol–water partition coefficient (Wildman–Crippen LogP) is 4.83. The summed E-state index contributed by atoms with van der Waals surface area (Å²) in [6.45, 7) is 0. The summed E-state index contributed by atoms with van der Waals surface area (Å²) in [6.07, 6.45) is 2.14. The van der Waals surface area contributed by atoms with Crippen LogP contribution in [0, 0.1) is 6.45 Å². The van der Waals surface area contributed by atoms with Crippen molar-refractivity contribution >= 4 is 78.4 Å². The van der Waals surface area contributed by atoms with Crippen molar-refractivity contribution in [2.24, 2.45) is 0 Å². The fraction of sp³-hybridized carbons (Fsp3) is 0.111. The van der Waals surface area contributed by atoms with E-state index in [9.17, 15) is 0 Å². The molecule has 0 amide bonds. The lowest BCUT2D eigenvalue weighted by atomic mass is 10.3. The monoisotopic (exact) mass is 432 g/mol. The molecule has 0 aliphatic rings. The van der Waals surface area contributed by atoms with E-state index in [2.05, 4.69) is 69.6 Å². The normalized spacial score (nSPS) is 11.0. The second-order valence-electron chi connectivity index (χ2n) is 2.53. The third-order valence-corrected chi connectivity index (χ3v) is 6.61. The summed E-state index contributed by atoms with van der Waals surface area (Å²) in [6, 6.07) is 6.51. The first kappa shape index (κ1) is 10.5. The van der Waals surface area contributed by atoms with Crippen molar-refractivity contribution in [3.05, 3.63) is 24.7 Å². The Morgan fingerprint density at radius 2 is 2.08 bits per heavy atom. The van der Waals surface area contributed by atoms with Gasteiger partial charge in [0.25, 0.3) is 0 Å². The van der Waals surface area contributed by atoms with E-state index in [1.807, 2.05) is 23.1 Å². The average molecular weight is 432 g/mol. The molecule has 4 heteroatoms. The Morgan fingerprint density at radius 3 is 2.77 bits per heavy atom. The molecule has 0 atom stereocenters. The Hall–Kier alpha value is 0.990. The highest BCUT2D eigenvalue weighted by Gasteiger charge is 2.10. The van der Waals surface area contributed by atoms with Crippen LogP contribution in [0.4, 0.5) is 0 Å². The summed E-state index contributed by atoms with van der Waals surface area (Å²) >= 11 is 8.55. The maximum Gasteiger partial charge on any atom is 0.0802 e. The summed E-state index contributed by atoms with van der Waals surface area (Å²) in [5.74, 6) is 0. The molecule has 0 aliphatic carbocycles. The van der Waals surface area contributed by atoms with E-state index in [-0.39, 0.29) is 0 Å². The van der Waals surface area contributed by atoms with Gasteiger partial charge >= 0.3 is 0 Å². The van der Waals surface area contributed by atoms with E-state index in [1.165, 1.54) is 21.4 Å². The number of hydrogen-bond acceptors (Lipinski definition) is 2. The van der Waals surface area contributed by atoms with Crippen molar-refractivity contribution in [3.63, 3.8) is 0 Å². The highest BCUT2D eigenvalue weighted by atomic mass is 127. The van der Waals surface area contributed by atoms with Crippen molar-refractivity contribution in [1.29, 1.82) is 0 Å². The minimum Gasteiger partial charge on any atom is -0.127 e. The van der Waals surface area contributed by atoms with Crippen LogP contribution in [-0.4, -0.2) is 6.26 Å². The first-order chi connectivity index (χ1) is 6.24. The number of thiophene rings is 1. The molecule has 0 fully saturated rings. The van der Waals surface area contributed by atoms with Crippen molar-refractivity contribution in [3.8, 4) is 0 Å². The molecule has 0 N–H and O–H groups in total. The molecule has 0 nitrogen and oxygen atoms in total. The summed E-state index contributed by atoms with van der Waals surface area (Å²) in [4.78, 5) is 1.43. The molecule has 68 valence electrons. The highest BCUT2D eigenvalue weighted by molar-refractivity contribution is 14.1. The Balaban J connectivity index is 2.86. The Morgan fingerprint density at radius 1 is 1.31 bits per heavy atom. The van der Waals surface area contributed by atoms with Crippen molar-refractivity contribution in [2.45, 2.75) is 4.90 Å². The molecule has 13 heavy (non-hydrogen) atoms. The highest BCUT2D eigenvalue weighted by Crippen LogP contribution is 2.39. The van der Waals surface area contributed by atoms with Gasteiger partial charge in [-0.25, -0.2) is 0 Å². The van der Waals surface area contributed by atoms with Gasteiger partial charge in [0.2, 0.25) is 0 Å². The molecule has 1 heterocycles. The van der Waals surface area contributed by atoms with Crippen LogP contribution >= 0.6 is 68.3 Å². The van der Waals surface area contributed by atoms with E-state index in [1.54, 1.807) is 0 Å². The zero-order valence-electron chi connectivity index (χ0n) is 6.80. The Labute approximate surface area is 113 Å². The molecule has 2 aromatic rings. The Kier molecular flexibility index (Phi) is 3.43. The molecule has 2 rings (SSSR count). The number of rotatable bonds is 1. The molecule has 0 saturated heterocycles. The standard InChI is InChI=1S/C9H6I2S2/c1-12-8-5-3-2-4-6(10)7(5)13-9(8)11/h2-4H,1H3. The van der Waals surface area contributed by atoms with E-state index < -0.39 is 0 Å². The minimum atomic E-state index is 1.36. The summed E-state index contributed by atoms with van der Waals surface area (Å²) in [5, 5.41) is 1.41. The maximum absolute atomic E-state index is 2.42. The van der Waals surface area contributed by atoms with Gasteiger partial charge in [-0.1, -0.05) is 12.1 Å². The van der Waals surface area contributed by atoms with E-state index in [4.69, 9.17) is 0 Å². The first-order valence-electron chi connectivity index (χ1n) is 3.64. The maximum atomic E-state index is 2.42. The quantitative estimate of drug-likeness (QED) is 0.460. The van der Waals surface area contributed by atoms with Crippen LogP contribution < -0.4 is 0 Å². The molecule has 0 aliphatic heterocycles. The van der Waals surface area contributed by atoms with Crippen LogP contribution in [0.2, 0.25) is 0 Å². The van der Waals surface area contributed by atoms with Gasteiger partial charge < -0.3 is 0 Å². The van der Waals surface area contributed by atoms with E-state index in [0.29, 0.717) is 0 Å². The molecule has 1 aromatic carbocycles. The molecular formula is C9H6I2S2. The van der Waals surface area contributed by atoms with Gasteiger partial charge in [-0.2, -0.15) is 0 Å². The third kappa shape index (κ3) is 1.87. The van der Waals surface area contributed by atoms with Gasteiger partial charge in [0.1, 0.15) is 0 Å². The van der Waals surface area contributed by atoms with Gasteiger partial charge in [0.05, 0.1) is 2.88 Å². The van der Waals surface area contributed by atoms with Crippen molar-refractivity contribution in [1.82, 2.24) is 0 Å². The van der Waals surface area contributed by atoms with Crippen LogP contribution in [0.3, 0.4) is 0 Å². The molecule has 0 unspecified atom stereocenters. The third-order valence-electron chi connectivity index (χ3n) is 1.79. The first-order valence-corrected chi connectivity index (χ1v) is 7.84. The minimum absolute atomic E-state index is 1.36. The second kappa shape index (κ2) is 4.24. The predicted molar refractivity (Wildman–Crippen MR) is 79.0 cm³/mol. The number of hydrogen-bond donors (Lipinski definition) is 0. The molecule has 0 saturated carbocycles. The zero-order chi connectivity index (χ0) is 9.42. The SMILES string of the molecule is CSc1c(I)sc2c(I)cccc12. The number of halogens is 2. The van der Waals surface area contributed by atoms with Crippen LogP contribution in [0.25, 0.3) is 10.1 Å². The molecule has 0 spiro atoms. The van der Waals surface area contributed by atoms with Crippen molar-refractivity contribution < 1.29 is 0 Å². The number of fused-ring (bicyclic) bond motifs is 1. The van der Waals surface area contributed by atoms with Gasteiger partial charge in [0.15, 0.2) is 0 Å². The Bertz CT molecular complexity index is 448. The van der Waals surface area contributed by atoms with E-state index in [0.717, 1.165) is 0 Å².